The summed E-state index contributed by atoms with van der Waals surface area (Å²) in [6, 6.07) is 5.35. The third kappa shape index (κ3) is 4.47. The Morgan fingerprint density at radius 3 is 2.71 bits per heavy atom. The van der Waals surface area contributed by atoms with Crippen LogP contribution >= 0.6 is 11.8 Å². The van der Waals surface area contributed by atoms with Crippen LogP contribution in [0.15, 0.2) is 23.1 Å². The molecule has 0 aromatic heterocycles. The quantitative estimate of drug-likeness (QED) is 0.633. The van der Waals surface area contributed by atoms with Crippen LogP contribution in [0.4, 0.5) is 5.69 Å². The highest BCUT2D eigenvalue weighted by Gasteiger charge is 2.09. The number of sulfone groups is 1. The van der Waals surface area contributed by atoms with Crippen molar-refractivity contribution in [3.05, 3.63) is 18.2 Å². The lowest BCUT2D eigenvalue weighted by atomic mass is 10.3. The Labute approximate surface area is 106 Å². The van der Waals surface area contributed by atoms with Crippen molar-refractivity contribution in [1.29, 1.82) is 0 Å². The smallest absolute Gasteiger partial charge is 0.150 e. The van der Waals surface area contributed by atoms with Crippen molar-refractivity contribution in [2.24, 2.45) is 0 Å². The van der Waals surface area contributed by atoms with Gasteiger partial charge < -0.3 is 10.5 Å². The van der Waals surface area contributed by atoms with Gasteiger partial charge in [0.2, 0.25) is 0 Å². The van der Waals surface area contributed by atoms with Gasteiger partial charge in [0.15, 0.2) is 9.84 Å². The zero-order chi connectivity index (χ0) is 12.9. The highest BCUT2D eigenvalue weighted by atomic mass is 32.2. The molecule has 17 heavy (non-hydrogen) atoms. The van der Waals surface area contributed by atoms with E-state index < -0.39 is 9.84 Å². The lowest BCUT2D eigenvalue weighted by molar-refractivity contribution is 0.405. The van der Waals surface area contributed by atoms with Crippen LogP contribution in [0.2, 0.25) is 0 Å². The first-order chi connectivity index (χ1) is 7.98. The molecule has 4 nitrogen and oxygen atoms in total. The second-order valence-corrected chi connectivity index (χ2v) is 7.10. The van der Waals surface area contributed by atoms with E-state index in [1.807, 2.05) is 6.07 Å². The van der Waals surface area contributed by atoms with Crippen molar-refractivity contribution >= 4 is 27.3 Å². The molecule has 0 saturated carbocycles. The number of methoxy groups -OCH3 is 1. The number of nitrogens with two attached hydrogens (primary N) is 1. The van der Waals surface area contributed by atoms with Crippen molar-refractivity contribution in [1.82, 2.24) is 0 Å². The average molecular weight is 275 g/mol. The molecule has 0 fully saturated rings. The van der Waals surface area contributed by atoms with Crippen molar-refractivity contribution in [3.63, 3.8) is 0 Å². The van der Waals surface area contributed by atoms with Gasteiger partial charge in [0.1, 0.15) is 5.75 Å². The van der Waals surface area contributed by atoms with E-state index in [1.54, 1.807) is 26.2 Å². The fourth-order valence-electron chi connectivity index (χ4n) is 1.23. The first-order valence-corrected chi connectivity index (χ1v) is 8.06. The van der Waals surface area contributed by atoms with E-state index in [4.69, 9.17) is 10.5 Å². The number of anilines is 1. The maximum atomic E-state index is 11.3. The van der Waals surface area contributed by atoms with Crippen molar-refractivity contribution in [3.8, 4) is 5.75 Å². The SMILES string of the molecule is CCS(=O)(=O)CCSc1ccc(N)cc1OC. The second-order valence-electron chi connectivity index (χ2n) is 3.50. The Kier molecular flexibility index (Phi) is 5.14. The molecule has 0 radical (unpaired) electrons. The second kappa shape index (κ2) is 6.16. The maximum absolute atomic E-state index is 11.3. The molecule has 0 atom stereocenters. The number of thioether (sulfide) groups is 1. The van der Waals surface area contributed by atoms with Gasteiger partial charge >= 0.3 is 0 Å². The van der Waals surface area contributed by atoms with Gasteiger partial charge in [-0.25, -0.2) is 8.42 Å². The van der Waals surface area contributed by atoms with E-state index >= 15 is 0 Å². The van der Waals surface area contributed by atoms with Crippen LogP contribution < -0.4 is 10.5 Å². The predicted molar refractivity (Wildman–Crippen MR) is 72.5 cm³/mol. The summed E-state index contributed by atoms with van der Waals surface area (Å²) in [5, 5.41) is 0. The number of rotatable bonds is 6. The molecule has 0 aliphatic rings. The van der Waals surface area contributed by atoms with Crippen LogP contribution in [0.3, 0.4) is 0 Å². The molecule has 1 aromatic rings. The molecule has 0 unspecified atom stereocenters. The largest absolute Gasteiger partial charge is 0.496 e. The van der Waals surface area contributed by atoms with Crippen LogP contribution in [0.5, 0.6) is 5.75 Å². The van der Waals surface area contributed by atoms with Crippen LogP contribution in [-0.2, 0) is 9.84 Å². The summed E-state index contributed by atoms with van der Waals surface area (Å²) in [7, 11) is -1.33. The summed E-state index contributed by atoms with van der Waals surface area (Å²) in [5.41, 5.74) is 6.27. The van der Waals surface area contributed by atoms with Crippen LogP contribution in [0, 0.1) is 0 Å². The summed E-state index contributed by atoms with van der Waals surface area (Å²) in [5.74, 6) is 1.58. The molecule has 0 bridgehead atoms. The minimum Gasteiger partial charge on any atom is -0.496 e. The molecule has 0 spiro atoms. The van der Waals surface area contributed by atoms with Gasteiger partial charge in [0.25, 0.3) is 0 Å². The van der Waals surface area contributed by atoms with E-state index in [9.17, 15) is 8.42 Å². The Bertz CT molecular complexity index is 472. The van der Waals surface area contributed by atoms with Gasteiger partial charge in [-0.1, -0.05) is 6.92 Å². The molecular weight excluding hydrogens is 258 g/mol. The number of benzene rings is 1. The Balaban J connectivity index is 2.64. The molecule has 0 amide bonds. The molecular formula is C11H17NO3S2. The summed E-state index contributed by atoms with van der Waals surface area (Å²) >= 11 is 1.46. The first kappa shape index (κ1) is 14.2. The predicted octanol–water partition coefficient (Wildman–Crippen LogP) is 1.80. The van der Waals surface area contributed by atoms with Gasteiger partial charge in [-0.2, -0.15) is 0 Å². The van der Waals surface area contributed by atoms with Crippen molar-refractivity contribution in [2.45, 2.75) is 11.8 Å². The summed E-state index contributed by atoms with van der Waals surface area (Å²) in [6.07, 6.45) is 0. The normalized spacial score (nSPS) is 11.4. The number of ether oxygens (including phenoxy) is 1. The van der Waals surface area contributed by atoms with Crippen LogP contribution in [0.25, 0.3) is 0 Å². The number of hydrogen-bond donors (Lipinski definition) is 1. The molecule has 6 heteroatoms. The Morgan fingerprint density at radius 2 is 2.12 bits per heavy atom. The molecule has 0 aliphatic carbocycles. The molecule has 0 heterocycles. The van der Waals surface area contributed by atoms with Crippen molar-refractivity contribution in [2.75, 3.05) is 30.1 Å². The molecule has 1 rings (SSSR count). The minimum absolute atomic E-state index is 0.182. The van der Waals surface area contributed by atoms with Gasteiger partial charge in [0.05, 0.1) is 12.9 Å². The number of hydrogen-bond acceptors (Lipinski definition) is 5. The zero-order valence-corrected chi connectivity index (χ0v) is 11.6. The van der Waals surface area contributed by atoms with Gasteiger partial charge in [-0.3, -0.25) is 0 Å². The van der Waals surface area contributed by atoms with Crippen molar-refractivity contribution < 1.29 is 13.2 Å². The maximum Gasteiger partial charge on any atom is 0.150 e. The molecule has 96 valence electrons. The standard InChI is InChI=1S/C11H17NO3S2/c1-3-17(13,14)7-6-16-11-5-4-9(12)8-10(11)15-2/h4-5,8H,3,6-7,12H2,1-2H3. The molecule has 1 aromatic carbocycles. The van der Waals surface area contributed by atoms with E-state index in [0.717, 1.165) is 4.90 Å². The third-order valence-electron chi connectivity index (χ3n) is 2.28. The van der Waals surface area contributed by atoms with E-state index in [1.165, 1.54) is 11.8 Å². The van der Waals surface area contributed by atoms with E-state index in [-0.39, 0.29) is 11.5 Å². The van der Waals surface area contributed by atoms with Crippen LogP contribution in [0.1, 0.15) is 6.92 Å². The zero-order valence-electron chi connectivity index (χ0n) is 9.97. The van der Waals surface area contributed by atoms with E-state index in [0.29, 0.717) is 17.2 Å². The summed E-state index contributed by atoms with van der Waals surface area (Å²) in [6.45, 7) is 1.66. The third-order valence-corrected chi connectivity index (χ3v) is 5.30. The fraction of sp³-hybridized carbons (Fsp3) is 0.455. The lowest BCUT2D eigenvalue weighted by Crippen LogP contribution is -2.10. The van der Waals surface area contributed by atoms with Gasteiger partial charge in [0, 0.05) is 28.2 Å². The number of nitrogen functional groups attached to an aromatic ring is 1. The molecule has 0 saturated heterocycles. The summed E-state index contributed by atoms with van der Waals surface area (Å²) < 4.78 is 27.9. The fourth-order valence-corrected chi connectivity index (χ4v) is 3.53. The summed E-state index contributed by atoms with van der Waals surface area (Å²) in [4.78, 5) is 0.910. The molecule has 0 aliphatic heterocycles. The monoisotopic (exact) mass is 275 g/mol. The Morgan fingerprint density at radius 1 is 1.41 bits per heavy atom. The highest BCUT2D eigenvalue weighted by molar-refractivity contribution is 8.00. The first-order valence-electron chi connectivity index (χ1n) is 5.25. The lowest BCUT2D eigenvalue weighted by Gasteiger charge is -2.08. The topological polar surface area (TPSA) is 69.4 Å². The van der Waals surface area contributed by atoms with E-state index in [2.05, 4.69) is 0 Å². The van der Waals surface area contributed by atoms with Crippen LogP contribution in [-0.4, -0.2) is 32.8 Å². The minimum atomic E-state index is -2.90. The Hall–Kier alpha value is -0.880. The van der Waals surface area contributed by atoms with Gasteiger partial charge in [-0.05, 0) is 12.1 Å². The highest BCUT2D eigenvalue weighted by Crippen LogP contribution is 2.30. The van der Waals surface area contributed by atoms with Gasteiger partial charge in [-0.15, -0.1) is 11.8 Å². The molecule has 2 N–H and O–H groups in total. The average Bonchev–Trinajstić information content (AvgIpc) is 2.30.